The van der Waals surface area contributed by atoms with Crippen LogP contribution in [0.15, 0.2) is 36.4 Å². The second kappa shape index (κ2) is 8.42. The topological polar surface area (TPSA) is 50.2 Å². The summed E-state index contributed by atoms with van der Waals surface area (Å²) in [5.41, 5.74) is 2.20. The molecule has 5 nitrogen and oxygen atoms in total. The van der Waals surface area contributed by atoms with Crippen molar-refractivity contribution in [3.8, 4) is 0 Å². The molecule has 0 bridgehead atoms. The molecule has 1 saturated heterocycles. The number of hydrogen-bond acceptors (Lipinski definition) is 4. The highest BCUT2D eigenvalue weighted by Gasteiger charge is 2.28. The second-order valence-electron chi connectivity index (χ2n) is 7.02. The quantitative estimate of drug-likeness (QED) is 0.707. The van der Waals surface area contributed by atoms with Crippen molar-refractivity contribution in [1.82, 2.24) is 20.0 Å². The maximum absolute atomic E-state index is 12.9. The summed E-state index contributed by atoms with van der Waals surface area (Å²) in [5.74, 6) is 0.726. The molecule has 1 amide bonds. The van der Waals surface area contributed by atoms with E-state index < -0.39 is 0 Å². The first-order valence-electron chi connectivity index (χ1n) is 9.10. The lowest BCUT2D eigenvalue weighted by atomic mass is 10.1. The standard InChI is InChI=1S/C20H24N4OS.ClH/c1-14-17-10-18(19(25)23-9-8-16(12-23)11-21-2)26-20(17)24(22-14)13-15-6-4-3-5-7-15;/h3-7,10,16,21H,8-9,11-13H2,1-2H3;1H. The van der Waals surface area contributed by atoms with Crippen molar-refractivity contribution in [3.63, 3.8) is 0 Å². The second-order valence-corrected chi connectivity index (χ2v) is 8.05. The predicted octanol–water partition coefficient (Wildman–Crippen LogP) is 3.56. The van der Waals surface area contributed by atoms with E-state index in [4.69, 9.17) is 0 Å². The van der Waals surface area contributed by atoms with Gasteiger partial charge in [-0.1, -0.05) is 30.3 Å². The number of fused-ring (bicyclic) bond motifs is 1. The maximum Gasteiger partial charge on any atom is 0.264 e. The number of nitrogens with one attached hydrogen (secondary N) is 1. The third-order valence-corrected chi connectivity index (χ3v) is 6.20. The Balaban J connectivity index is 0.00000210. The number of halogens is 1. The van der Waals surface area contributed by atoms with Crippen LogP contribution in [0.4, 0.5) is 0 Å². The summed E-state index contributed by atoms with van der Waals surface area (Å²) in [6.07, 6.45) is 1.08. The summed E-state index contributed by atoms with van der Waals surface area (Å²) in [6.45, 7) is 5.43. The summed E-state index contributed by atoms with van der Waals surface area (Å²) >= 11 is 1.57. The fraction of sp³-hybridized carbons (Fsp3) is 0.400. The van der Waals surface area contributed by atoms with Gasteiger partial charge in [0.1, 0.15) is 4.83 Å². The lowest BCUT2D eigenvalue weighted by molar-refractivity contribution is 0.0792. The summed E-state index contributed by atoms with van der Waals surface area (Å²) in [4.78, 5) is 16.8. The van der Waals surface area contributed by atoms with Crippen LogP contribution in [-0.2, 0) is 6.54 Å². The van der Waals surface area contributed by atoms with Crippen molar-refractivity contribution >= 4 is 39.9 Å². The van der Waals surface area contributed by atoms with Gasteiger partial charge in [0, 0.05) is 18.5 Å². The van der Waals surface area contributed by atoms with Gasteiger partial charge in [-0.2, -0.15) is 5.10 Å². The summed E-state index contributed by atoms with van der Waals surface area (Å²) in [7, 11) is 1.97. The van der Waals surface area contributed by atoms with E-state index in [0.29, 0.717) is 5.92 Å². The molecular weight excluding hydrogens is 380 g/mol. The molecule has 1 unspecified atom stereocenters. The van der Waals surface area contributed by atoms with Gasteiger partial charge in [0.25, 0.3) is 5.91 Å². The normalized spacial score (nSPS) is 16.7. The minimum absolute atomic E-state index is 0. The third kappa shape index (κ3) is 4.03. The first-order valence-corrected chi connectivity index (χ1v) is 9.92. The van der Waals surface area contributed by atoms with E-state index in [-0.39, 0.29) is 18.3 Å². The number of amides is 1. The van der Waals surface area contributed by atoms with Crippen LogP contribution >= 0.6 is 23.7 Å². The highest BCUT2D eigenvalue weighted by atomic mass is 35.5. The van der Waals surface area contributed by atoms with Gasteiger partial charge in [0.05, 0.1) is 17.1 Å². The first-order chi connectivity index (χ1) is 12.7. The molecule has 4 rings (SSSR count). The van der Waals surface area contributed by atoms with Crippen molar-refractivity contribution < 1.29 is 4.79 Å². The van der Waals surface area contributed by atoms with Crippen LogP contribution in [0.2, 0.25) is 0 Å². The van der Waals surface area contributed by atoms with Gasteiger partial charge >= 0.3 is 0 Å². The van der Waals surface area contributed by atoms with Gasteiger partial charge in [-0.05, 0) is 44.5 Å². The monoisotopic (exact) mass is 404 g/mol. The molecule has 144 valence electrons. The number of carbonyl (C=O) groups is 1. The fourth-order valence-corrected chi connectivity index (χ4v) is 4.84. The number of rotatable bonds is 5. The number of nitrogens with zero attached hydrogens (tertiary/aromatic N) is 3. The summed E-state index contributed by atoms with van der Waals surface area (Å²) in [5, 5.41) is 8.99. The molecule has 0 aliphatic carbocycles. The molecule has 2 aromatic heterocycles. The molecule has 0 saturated carbocycles. The smallest absolute Gasteiger partial charge is 0.264 e. The molecular formula is C20H25ClN4OS. The maximum atomic E-state index is 12.9. The Kier molecular flexibility index (Phi) is 6.19. The van der Waals surface area contributed by atoms with Gasteiger partial charge in [0.2, 0.25) is 0 Å². The Morgan fingerprint density at radius 2 is 2.11 bits per heavy atom. The van der Waals surface area contributed by atoms with E-state index in [1.807, 2.05) is 47.8 Å². The Morgan fingerprint density at radius 3 is 2.85 bits per heavy atom. The lowest BCUT2D eigenvalue weighted by Gasteiger charge is -2.15. The molecule has 1 N–H and O–H groups in total. The number of hydrogen-bond donors (Lipinski definition) is 1. The molecule has 3 aromatic rings. The average Bonchev–Trinajstić information content (AvgIpc) is 3.34. The summed E-state index contributed by atoms with van der Waals surface area (Å²) < 4.78 is 2.02. The average molecular weight is 405 g/mol. The molecule has 1 aliphatic heterocycles. The van der Waals surface area contributed by atoms with Crippen molar-refractivity contribution in [2.75, 3.05) is 26.7 Å². The number of aryl methyl sites for hydroxylation is 1. The molecule has 7 heteroatoms. The zero-order valence-electron chi connectivity index (χ0n) is 15.6. The molecule has 27 heavy (non-hydrogen) atoms. The van der Waals surface area contributed by atoms with Crippen LogP contribution in [0.5, 0.6) is 0 Å². The Labute approximate surface area is 169 Å². The molecule has 3 heterocycles. The number of carbonyl (C=O) groups excluding carboxylic acids is 1. The van der Waals surface area contributed by atoms with Crippen molar-refractivity contribution in [2.24, 2.45) is 5.92 Å². The highest BCUT2D eigenvalue weighted by molar-refractivity contribution is 7.20. The SMILES string of the molecule is CNCC1CCN(C(=O)c2cc3c(C)nn(Cc4ccccc4)c3s2)C1.Cl. The molecule has 1 atom stereocenters. The Bertz CT molecular complexity index is 921. The minimum Gasteiger partial charge on any atom is -0.338 e. The van der Waals surface area contributed by atoms with Crippen LogP contribution in [0.1, 0.15) is 27.3 Å². The lowest BCUT2D eigenvalue weighted by Crippen LogP contribution is -2.29. The van der Waals surface area contributed by atoms with Crippen LogP contribution < -0.4 is 5.32 Å². The van der Waals surface area contributed by atoms with E-state index >= 15 is 0 Å². The van der Waals surface area contributed by atoms with Gasteiger partial charge < -0.3 is 10.2 Å². The zero-order valence-corrected chi connectivity index (χ0v) is 17.3. The van der Waals surface area contributed by atoms with Crippen LogP contribution in [0.25, 0.3) is 10.2 Å². The Morgan fingerprint density at radius 1 is 1.33 bits per heavy atom. The number of thiophene rings is 1. The zero-order chi connectivity index (χ0) is 18.1. The largest absolute Gasteiger partial charge is 0.338 e. The number of aromatic nitrogens is 2. The van der Waals surface area contributed by atoms with E-state index in [1.54, 1.807) is 11.3 Å². The van der Waals surface area contributed by atoms with E-state index in [0.717, 1.165) is 53.4 Å². The first kappa shape index (κ1) is 19.9. The van der Waals surface area contributed by atoms with Crippen LogP contribution in [0, 0.1) is 12.8 Å². The van der Waals surface area contributed by atoms with Crippen molar-refractivity contribution in [1.29, 1.82) is 0 Å². The highest BCUT2D eigenvalue weighted by Crippen LogP contribution is 2.30. The summed E-state index contributed by atoms with van der Waals surface area (Å²) in [6, 6.07) is 12.3. The number of benzene rings is 1. The van der Waals surface area contributed by atoms with Crippen LogP contribution in [0.3, 0.4) is 0 Å². The molecule has 0 spiro atoms. The van der Waals surface area contributed by atoms with Crippen LogP contribution in [-0.4, -0.2) is 47.3 Å². The van der Waals surface area contributed by atoms with E-state index in [2.05, 4.69) is 22.5 Å². The van der Waals surface area contributed by atoms with Gasteiger partial charge in [0.15, 0.2) is 0 Å². The fourth-order valence-electron chi connectivity index (χ4n) is 3.71. The van der Waals surface area contributed by atoms with Crippen molar-refractivity contribution in [2.45, 2.75) is 19.9 Å². The van der Waals surface area contributed by atoms with Gasteiger partial charge in [-0.25, -0.2) is 0 Å². The Hall–Kier alpha value is -1.89. The van der Waals surface area contributed by atoms with E-state index in [1.165, 1.54) is 5.56 Å². The number of likely N-dealkylation sites (tertiary alicyclic amines) is 1. The third-order valence-electron chi connectivity index (χ3n) is 5.06. The minimum atomic E-state index is 0. The molecule has 1 aliphatic rings. The predicted molar refractivity (Wildman–Crippen MR) is 113 cm³/mol. The van der Waals surface area contributed by atoms with Gasteiger partial charge in [-0.15, -0.1) is 23.7 Å². The van der Waals surface area contributed by atoms with E-state index in [9.17, 15) is 4.79 Å². The van der Waals surface area contributed by atoms with Crippen molar-refractivity contribution in [3.05, 3.63) is 52.5 Å². The molecule has 0 radical (unpaired) electrons. The van der Waals surface area contributed by atoms with Gasteiger partial charge in [-0.3, -0.25) is 9.48 Å². The molecule has 1 aromatic carbocycles. The molecule has 1 fully saturated rings.